The van der Waals surface area contributed by atoms with Crippen LogP contribution in [-0.2, 0) is 17.9 Å². The summed E-state index contributed by atoms with van der Waals surface area (Å²) in [5.74, 6) is 0.317. The van der Waals surface area contributed by atoms with Crippen molar-refractivity contribution in [2.24, 2.45) is 0 Å². The summed E-state index contributed by atoms with van der Waals surface area (Å²) in [5.41, 5.74) is 2.07. The molecule has 2 aliphatic heterocycles. The maximum atomic E-state index is 13.2. The summed E-state index contributed by atoms with van der Waals surface area (Å²) in [6.45, 7) is 6.11. The van der Waals surface area contributed by atoms with Crippen molar-refractivity contribution in [2.75, 3.05) is 13.2 Å². The first-order valence-electron chi connectivity index (χ1n) is 10.9. The van der Waals surface area contributed by atoms with Crippen LogP contribution in [0.5, 0.6) is 5.75 Å². The first-order chi connectivity index (χ1) is 15.4. The van der Waals surface area contributed by atoms with E-state index in [0.717, 1.165) is 24.9 Å². The van der Waals surface area contributed by atoms with Crippen molar-refractivity contribution >= 4 is 35.2 Å². The van der Waals surface area contributed by atoms with Crippen LogP contribution in [0, 0.1) is 0 Å². The number of fused-ring (bicyclic) bond motifs is 1. The molecule has 0 bridgehead atoms. The van der Waals surface area contributed by atoms with Crippen LogP contribution < -0.4 is 10.1 Å². The number of carbonyl (C=O) groups excluding carboxylic acids is 2. The Morgan fingerprint density at radius 2 is 2.06 bits per heavy atom. The number of hydrogen-bond acceptors (Lipinski definition) is 4. The number of likely N-dealkylation sites (tertiary alicyclic amines) is 1. The van der Waals surface area contributed by atoms with Gasteiger partial charge in [-0.25, -0.2) is 4.79 Å². The molecule has 2 amide bonds. The van der Waals surface area contributed by atoms with Crippen LogP contribution in [0.4, 0.5) is 4.79 Å². The minimum absolute atomic E-state index is 0.0318. The summed E-state index contributed by atoms with van der Waals surface area (Å²) >= 11 is 12.1. The van der Waals surface area contributed by atoms with Gasteiger partial charge in [0.15, 0.2) is 5.75 Å². The third-order valence-electron chi connectivity index (χ3n) is 6.15. The number of benzene rings is 1. The lowest BCUT2D eigenvalue weighted by Gasteiger charge is -2.24. The molecule has 4 rings (SSSR count). The normalized spacial score (nSPS) is 18.9. The number of nitrogens with one attached hydrogen (secondary N) is 1. The van der Waals surface area contributed by atoms with Gasteiger partial charge in [0.2, 0.25) is 0 Å². The molecule has 0 unspecified atom stereocenters. The van der Waals surface area contributed by atoms with E-state index in [0.29, 0.717) is 46.8 Å². The van der Waals surface area contributed by atoms with Crippen LogP contribution in [0.3, 0.4) is 0 Å². The van der Waals surface area contributed by atoms with Gasteiger partial charge in [-0.2, -0.15) is 0 Å². The summed E-state index contributed by atoms with van der Waals surface area (Å²) in [6.07, 6.45) is 2.04. The number of hydrogen-bond donors (Lipinski definition) is 1. The molecule has 0 aliphatic carbocycles. The molecule has 1 aromatic carbocycles. The van der Waals surface area contributed by atoms with E-state index in [1.165, 1.54) is 0 Å². The standard InChI is InChI=1S/C23H27Cl2N3O4/c1-3-18(15-6-7-16(24)17(25)11-15)26-23(30)32-21-12-19(28-9-10-31-13-20(21)28)22(29)27-8-4-5-14(27)2/h6-7,11-12,14,18H,3-5,8-10,13H2,1-2H3,(H,26,30)/t14-,18+/m0/s1. The molecule has 0 radical (unpaired) electrons. The predicted molar refractivity (Wildman–Crippen MR) is 122 cm³/mol. The van der Waals surface area contributed by atoms with Gasteiger partial charge in [0.1, 0.15) is 5.69 Å². The number of carbonyl (C=O) groups is 2. The highest BCUT2D eigenvalue weighted by atomic mass is 35.5. The van der Waals surface area contributed by atoms with Crippen molar-refractivity contribution in [3.8, 4) is 5.75 Å². The van der Waals surface area contributed by atoms with E-state index in [4.69, 9.17) is 32.7 Å². The zero-order valence-electron chi connectivity index (χ0n) is 18.2. The maximum Gasteiger partial charge on any atom is 0.413 e. The van der Waals surface area contributed by atoms with E-state index in [2.05, 4.69) is 12.2 Å². The van der Waals surface area contributed by atoms with Crippen LogP contribution >= 0.6 is 23.2 Å². The Kier molecular flexibility index (Phi) is 6.98. The van der Waals surface area contributed by atoms with Gasteiger partial charge < -0.3 is 24.3 Å². The van der Waals surface area contributed by atoms with Gasteiger partial charge in [0.25, 0.3) is 5.91 Å². The largest absolute Gasteiger partial charge is 0.413 e. The molecule has 32 heavy (non-hydrogen) atoms. The van der Waals surface area contributed by atoms with Crippen LogP contribution in [0.2, 0.25) is 10.0 Å². The Hall–Kier alpha value is -2.22. The number of rotatable bonds is 5. The summed E-state index contributed by atoms with van der Waals surface area (Å²) in [5, 5.41) is 3.76. The van der Waals surface area contributed by atoms with Gasteiger partial charge >= 0.3 is 6.09 Å². The molecule has 1 N–H and O–H groups in total. The molecule has 1 fully saturated rings. The van der Waals surface area contributed by atoms with Crippen molar-refractivity contribution in [1.82, 2.24) is 14.8 Å². The fourth-order valence-corrected chi connectivity index (χ4v) is 4.67. The number of ether oxygens (including phenoxy) is 2. The Bertz CT molecular complexity index is 1020. The second kappa shape index (κ2) is 9.73. The Morgan fingerprint density at radius 1 is 1.25 bits per heavy atom. The van der Waals surface area contributed by atoms with Gasteiger partial charge in [0.05, 0.1) is 35.0 Å². The number of nitrogens with zero attached hydrogens (tertiary/aromatic N) is 2. The SMILES string of the molecule is CC[C@@H](NC(=O)Oc1cc(C(=O)N2CCC[C@@H]2C)n2c1COCC2)c1ccc(Cl)c(Cl)c1. The Balaban J connectivity index is 1.53. The van der Waals surface area contributed by atoms with Crippen molar-refractivity contribution in [3.63, 3.8) is 0 Å². The van der Waals surface area contributed by atoms with E-state index in [1.54, 1.807) is 18.2 Å². The molecule has 9 heteroatoms. The maximum absolute atomic E-state index is 13.2. The molecular formula is C23H27Cl2N3O4. The summed E-state index contributed by atoms with van der Waals surface area (Å²) in [6, 6.07) is 6.84. The lowest BCUT2D eigenvalue weighted by atomic mass is 10.1. The third kappa shape index (κ3) is 4.60. The molecular weight excluding hydrogens is 453 g/mol. The van der Waals surface area contributed by atoms with Crippen molar-refractivity contribution < 1.29 is 19.1 Å². The van der Waals surface area contributed by atoms with Crippen LogP contribution in [0.25, 0.3) is 0 Å². The van der Waals surface area contributed by atoms with Crippen LogP contribution in [0.1, 0.15) is 60.9 Å². The highest BCUT2D eigenvalue weighted by molar-refractivity contribution is 6.42. The predicted octanol–water partition coefficient (Wildman–Crippen LogP) is 5.19. The van der Waals surface area contributed by atoms with Gasteiger partial charge in [-0.05, 0) is 43.9 Å². The van der Waals surface area contributed by atoms with Gasteiger partial charge in [-0.3, -0.25) is 4.79 Å². The van der Waals surface area contributed by atoms with E-state index in [1.807, 2.05) is 22.5 Å². The molecule has 7 nitrogen and oxygen atoms in total. The van der Waals surface area contributed by atoms with E-state index in [9.17, 15) is 9.59 Å². The van der Waals surface area contributed by atoms with Crippen LogP contribution in [-0.4, -0.2) is 40.7 Å². The topological polar surface area (TPSA) is 72.8 Å². The lowest BCUT2D eigenvalue weighted by Crippen LogP contribution is -2.35. The Labute approximate surface area is 197 Å². The molecule has 2 atom stereocenters. The quantitative estimate of drug-likeness (QED) is 0.640. The average molecular weight is 480 g/mol. The van der Waals surface area contributed by atoms with E-state index in [-0.39, 0.29) is 24.6 Å². The first kappa shape index (κ1) is 23.0. The average Bonchev–Trinajstić information content (AvgIpc) is 3.37. The fraction of sp³-hybridized carbons (Fsp3) is 0.478. The molecule has 1 aromatic heterocycles. The molecule has 0 spiro atoms. The minimum atomic E-state index is -0.601. The van der Waals surface area contributed by atoms with Crippen LogP contribution in [0.15, 0.2) is 24.3 Å². The monoisotopic (exact) mass is 479 g/mol. The molecule has 172 valence electrons. The second-order valence-corrected chi connectivity index (χ2v) is 9.02. The third-order valence-corrected chi connectivity index (χ3v) is 6.89. The fourth-order valence-electron chi connectivity index (χ4n) is 4.36. The second-order valence-electron chi connectivity index (χ2n) is 8.20. The number of halogens is 2. The van der Waals surface area contributed by atoms with E-state index >= 15 is 0 Å². The number of amides is 2. The van der Waals surface area contributed by atoms with Crippen molar-refractivity contribution in [3.05, 3.63) is 51.3 Å². The highest BCUT2D eigenvalue weighted by Gasteiger charge is 2.31. The lowest BCUT2D eigenvalue weighted by molar-refractivity contribution is 0.0686. The zero-order chi connectivity index (χ0) is 22.8. The molecule has 2 aliphatic rings. The molecule has 3 heterocycles. The molecule has 2 aromatic rings. The Morgan fingerprint density at radius 3 is 2.75 bits per heavy atom. The smallest absolute Gasteiger partial charge is 0.408 e. The summed E-state index contributed by atoms with van der Waals surface area (Å²) in [4.78, 5) is 27.8. The summed E-state index contributed by atoms with van der Waals surface area (Å²) in [7, 11) is 0. The number of aromatic nitrogens is 1. The van der Waals surface area contributed by atoms with Crippen molar-refractivity contribution in [1.29, 1.82) is 0 Å². The van der Waals surface area contributed by atoms with Gasteiger partial charge in [-0.1, -0.05) is 36.2 Å². The summed E-state index contributed by atoms with van der Waals surface area (Å²) < 4.78 is 13.1. The first-order valence-corrected chi connectivity index (χ1v) is 11.7. The van der Waals surface area contributed by atoms with Gasteiger partial charge in [0, 0.05) is 25.2 Å². The zero-order valence-corrected chi connectivity index (χ0v) is 19.7. The van der Waals surface area contributed by atoms with E-state index < -0.39 is 6.09 Å². The highest BCUT2D eigenvalue weighted by Crippen LogP contribution is 2.31. The minimum Gasteiger partial charge on any atom is -0.408 e. The van der Waals surface area contributed by atoms with Gasteiger partial charge in [-0.15, -0.1) is 0 Å². The van der Waals surface area contributed by atoms with Crippen molar-refractivity contribution in [2.45, 2.75) is 58.3 Å². The molecule has 1 saturated heterocycles. The molecule has 0 saturated carbocycles.